The molecular formula is C68H62N4O. The van der Waals surface area contributed by atoms with E-state index in [0.29, 0.717) is 0 Å². The van der Waals surface area contributed by atoms with E-state index in [0.717, 1.165) is 17.1 Å². The number of ether oxygens (including phenoxy) is 1. The Balaban J connectivity index is 0.900. The van der Waals surface area contributed by atoms with E-state index in [2.05, 4.69) is 268 Å². The van der Waals surface area contributed by atoms with Gasteiger partial charge in [0.05, 0.1) is 29.9 Å². The largest absolute Gasteiger partial charge is 0.485 e. The molecule has 5 aliphatic carbocycles. The minimum atomic E-state index is 0.0169. The van der Waals surface area contributed by atoms with Crippen LogP contribution in [0.2, 0.25) is 0 Å². The number of nitrogens with zero attached hydrogens (tertiary/aromatic N) is 4. The highest BCUT2D eigenvalue weighted by Gasteiger charge is 2.59. The zero-order chi connectivity index (χ0) is 49.1. The Morgan fingerprint density at radius 2 is 1.11 bits per heavy atom. The van der Waals surface area contributed by atoms with Crippen molar-refractivity contribution in [2.45, 2.75) is 89.6 Å². The Hall–Kier alpha value is -7.50. The smallest absolute Gasteiger partial charge is 0.128 e. The van der Waals surface area contributed by atoms with Crippen molar-refractivity contribution in [3.05, 3.63) is 257 Å². The van der Waals surface area contributed by atoms with Crippen molar-refractivity contribution >= 4 is 34.1 Å². The molecule has 5 aromatic rings. The topological polar surface area (TPSA) is 22.2 Å². The second-order valence-corrected chi connectivity index (χ2v) is 23.9. The van der Waals surface area contributed by atoms with Crippen LogP contribution in [0.5, 0.6) is 5.75 Å². The fraction of sp³-hybridized carbons (Fsp3) is 0.265. The molecule has 0 amide bonds. The molecule has 0 saturated carbocycles. The Bertz CT molecular complexity index is 3440. The average Bonchev–Trinajstić information content (AvgIpc) is 4.22. The number of anilines is 6. The van der Waals surface area contributed by atoms with Crippen LogP contribution < -0.4 is 19.4 Å². The first-order valence-corrected chi connectivity index (χ1v) is 26.8. The van der Waals surface area contributed by atoms with Gasteiger partial charge in [0.25, 0.3) is 0 Å². The molecule has 5 aliphatic heterocycles. The Labute approximate surface area is 431 Å². The van der Waals surface area contributed by atoms with Gasteiger partial charge in [0, 0.05) is 86.6 Å². The fourth-order valence-electron chi connectivity index (χ4n) is 14.5. The average molecular weight is 951 g/mol. The van der Waals surface area contributed by atoms with Crippen molar-refractivity contribution in [1.29, 1.82) is 0 Å². The maximum atomic E-state index is 6.70. The molecule has 0 bridgehead atoms. The van der Waals surface area contributed by atoms with Crippen LogP contribution in [0.1, 0.15) is 76.0 Å². The molecule has 0 spiro atoms. The van der Waals surface area contributed by atoms with Crippen molar-refractivity contribution in [2.75, 3.05) is 14.7 Å². The molecule has 10 aliphatic rings. The molecule has 0 aromatic heterocycles. The van der Waals surface area contributed by atoms with Crippen molar-refractivity contribution in [2.24, 2.45) is 22.7 Å². The molecule has 2 fully saturated rings. The number of para-hydroxylation sites is 3. The Morgan fingerprint density at radius 1 is 0.479 bits per heavy atom. The van der Waals surface area contributed by atoms with Crippen molar-refractivity contribution in [1.82, 2.24) is 4.90 Å². The lowest BCUT2D eigenvalue weighted by atomic mass is 9.73. The van der Waals surface area contributed by atoms with E-state index in [4.69, 9.17) is 4.74 Å². The molecule has 0 N–H and O–H groups in total. The summed E-state index contributed by atoms with van der Waals surface area (Å²) in [6.07, 6.45) is 34.6. The van der Waals surface area contributed by atoms with Crippen molar-refractivity contribution < 1.29 is 4.74 Å². The van der Waals surface area contributed by atoms with E-state index >= 15 is 0 Å². The number of hydrogen-bond donors (Lipinski definition) is 0. The van der Waals surface area contributed by atoms with Gasteiger partial charge in [0.15, 0.2) is 0 Å². The molecule has 360 valence electrons. The molecular weight excluding hydrogens is 889 g/mol. The third-order valence-electron chi connectivity index (χ3n) is 17.8. The quantitative estimate of drug-likeness (QED) is 0.169. The summed E-state index contributed by atoms with van der Waals surface area (Å²) in [6, 6.07) is 45.6. The number of allylic oxidation sites excluding steroid dienone is 8. The van der Waals surface area contributed by atoms with Crippen molar-refractivity contribution in [3.63, 3.8) is 0 Å². The predicted molar refractivity (Wildman–Crippen MR) is 299 cm³/mol. The zero-order valence-electron chi connectivity index (χ0n) is 42.6. The number of fused-ring (bicyclic) bond motifs is 15. The van der Waals surface area contributed by atoms with Gasteiger partial charge in [-0.25, -0.2) is 0 Å². The van der Waals surface area contributed by atoms with Crippen LogP contribution in [0.4, 0.5) is 34.1 Å². The van der Waals surface area contributed by atoms with Gasteiger partial charge >= 0.3 is 0 Å². The van der Waals surface area contributed by atoms with Gasteiger partial charge < -0.3 is 24.3 Å². The van der Waals surface area contributed by atoms with Crippen LogP contribution in [-0.2, 0) is 0 Å². The molecule has 0 radical (unpaired) electrons. The van der Waals surface area contributed by atoms with E-state index in [1.165, 1.54) is 73.1 Å². The first kappa shape index (κ1) is 43.1. The second kappa shape index (κ2) is 15.5. The highest BCUT2D eigenvalue weighted by atomic mass is 16.5. The minimum Gasteiger partial charge on any atom is -0.485 e. The molecule has 73 heavy (non-hydrogen) atoms. The van der Waals surface area contributed by atoms with Crippen molar-refractivity contribution in [3.8, 4) is 5.75 Å². The zero-order valence-corrected chi connectivity index (χ0v) is 42.6. The van der Waals surface area contributed by atoms with Gasteiger partial charge in [0.2, 0.25) is 0 Å². The van der Waals surface area contributed by atoms with Gasteiger partial charge in [-0.3, -0.25) is 0 Å². The van der Waals surface area contributed by atoms with Crippen LogP contribution in [0, 0.1) is 22.7 Å². The summed E-state index contributed by atoms with van der Waals surface area (Å²) in [7, 11) is 0. The van der Waals surface area contributed by atoms with E-state index in [9.17, 15) is 0 Å². The number of benzene rings is 5. The summed E-state index contributed by atoms with van der Waals surface area (Å²) in [5, 5.41) is 0. The molecule has 5 aromatic carbocycles. The highest BCUT2D eigenvalue weighted by molar-refractivity contribution is 5.89. The van der Waals surface area contributed by atoms with E-state index < -0.39 is 0 Å². The standard InChI is InChI=1S/C68H62N4O/c1-67(2,3)41-27-33-55-54(36-41)64-57(70(45-22-14-9-15-23-45)46-28-30-48-47-24-16-17-25-61(47)73-62(48)38-46)35-32-50-52-40-60-53(39-59(52)71(55)66(50)64)49-31-34-56(69(43-18-10-7-11-19-43)44-20-12-8-13-21-44)63-51-29-26-42(68(4,5)6)37-58(51)72(60)65(49)63/h7-40,47,50-51,53-55,58,60-61,66H,1-6H3. The first-order chi connectivity index (χ1) is 35.5. The summed E-state index contributed by atoms with van der Waals surface area (Å²) in [6.45, 7) is 14.2. The van der Waals surface area contributed by atoms with Gasteiger partial charge in [-0.15, -0.1) is 0 Å². The Kier molecular flexibility index (Phi) is 9.16. The summed E-state index contributed by atoms with van der Waals surface area (Å²) >= 11 is 0. The van der Waals surface area contributed by atoms with Gasteiger partial charge in [0.1, 0.15) is 11.9 Å². The van der Waals surface area contributed by atoms with E-state index in [1.54, 1.807) is 0 Å². The second-order valence-electron chi connectivity index (χ2n) is 23.9. The minimum absolute atomic E-state index is 0.0169. The molecule has 15 rings (SSSR count). The summed E-state index contributed by atoms with van der Waals surface area (Å²) in [4.78, 5) is 10.8. The lowest BCUT2D eigenvalue weighted by molar-refractivity contribution is 0.269. The summed E-state index contributed by atoms with van der Waals surface area (Å²) in [5.41, 5.74) is 20.1. The molecule has 5 heteroatoms. The summed E-state index contributed by atoms with van der Waals surface area (Å²) < 4.78 is 6.70. The third-order valence-corrected chi connectivity index (χ3v) is 17.8. The normalized spacial score (nSPS) is 28.7. The SMILES string of the molecule is CC(C)(C)C1=CC2C3=C(N(c4ccccc4)c4ccc5c(c4)OC4C=CC=CC54)C=CC4C5=CC6C(C=C5N(C2C=C1)C34)c1ccc(N(c2ccccc2)c2ccccc2)c2c1N6C1C=C(C(C)(C)C)C=CC21. The Morgan fingerprint density at radius 3 is 1.82 bits per heavy atom. The predicted octanol–water partition coefficient (Wildman–Crippen LogP) is 15.7. The summed E-state index contributed by atoms with van der Waals surface area (Å²) in [5.74, 6) is 2.08. The van der Waals surface area contributed by atoms with Crippen LogP contribution >= 0.6 is 0 Å². The molecule has 5 nitrogen and oxygen atoms in total. The lowest BCUT2D eigenvalue weighted by Crippen LogP contribution is -2.42. The molecule has 10 atom stereocenters. The van der Waals surface area contributed by atoms with Gasteiger partial charge in [-0.1, -0.05) is 181 Å². The molecule has 10 unspecified atom stereocenters. The van der Waals surface area contributed by atoms with E-state index in [1.807, 2.05) is 0 Å². The maximum absolute atomic E-state index is 6.70. The van der Waals surface area contributed by atoms with Gasteiger partial charge in [-0.2, -0.15) is 0 Å². The third kappa shape index (κ3) is 6.27. The lowest BCUT2D eigenvalue weighted by Gasteiger charge is -2.38. The molecule has 2 saturated heterocycles. The number of rotatable bonds is 6. The van der Waals surface area contributed by atoms with E-state index in [-0.39, 0.29) is 70.7 Å². The van der Waals surface area contributed by atoms with Crippen LogP contribution in [0.3, 0.4) is 0 Å². The highest BCUT2D eigenvalue weighted by Crippen LogP contribution is 2.64. The first-order valence-electron chi connectivity index (χ1n) is 26.8. The fourth-order valence-corrected chi connectivity index (χ4v) is 14.5. The maximum Gasteiger partial charge on any atom is 0.128 e. The molecule has 5 heterocycles. The van der Waals surface area contributed by atoms with Crippen LogP contribution in [0.15, 0.2) is 240 Å². The monoisotopic (exact) mass is 950 g/mol. The van der Waals surface area contributed by atoms with Crippen LogP contribution in [0.25, 0.3) is 0 Å². The number of hydrogen-bond acceptors (Lipinski definition) is 5. The van der Waals surface area contributed by atoms with Crippen LogP contribution in [-0.4, -0.2) is 35.2 Å². The van der Waals surface area contributed by atoms with Gasteiger partial charge in [-0.05, 0) is 99.4 Å².